The van der Waals surface area contributed by atoms with E-state index in [-0.39, 0.29) is 11.8 Å². The highest BCUT2D eigenvalue weighted by atomic mass is 16.2. The Morgan fingerprint density at radius 3 is 2.58 bits per heavy atom. The minimum absolute atomic E-state index is 0.0124. The molecule has 1 aliphatic rings. The van der Waals surface area contributed by atoms with Crippen molar-refractivity contribution in [3.05, 3.63) is 59.2 Å². The molecule has 5 heteroatoms. The molecule has 3 rings (SSSR count). The van der Waals surface area contributed by atoms with E-state index in [1.165, 1.54) is 5.56 Å². The van der Waals surface area contributed by atoms with Crippen molar-refractivity contribution >= 4 is 23.2 Å². The first-order valence-corrected chi connectivity index (χ1v) is 9.03. The number of hydrogen-bond acceptors (Lipinski definition) is 3. The van der Waals surface area contributed by atoms with Gasteiger partial charge in [-0.2, -0.15) is 0 Å². The molecule has 0 saturated heterocycles. The Hall–Kier alpha value is -2.66. The predicted octanol–water partition coefficient (Wildman–Crippen LogP) is 3.66. The summed E-state index contributed by atoms with van der Waals surface area (Å²) in [5.74, 6) is -0.161. The molecule has 5 nitrogen and oxygen atoms in total. The van der Waals surface area contributed by atoms with E-state index < -0.39 is 0 Å². The van der Waals surface area contributed by atoms with Crippen LogP contribution in [0.3, 0.4) is 0 Å². The maximum absolute atomic E-state index is 12.5. The van der Waals surface area contributed by atoms with Crippen LogP contribution < -0.4 is 10.6 Å². The van der Waals surface area contributed by atoms with Crippen molar-refractivity contribution in [2.24, 2.45) is 0 Å². The number of nitrogens with zero attached hydrogens (tertiary/aromatic N) is 1. The van der Waals surface area contributed by atoms with E-state index in [0.29, 0.717) is 23.7 Å². The molecule has 0 aliphatic carbocycles. The topological polar surface area (TPSA) is 61.4 Å². The average molecular weight is 351 g/mol. The number of nitrogens with one attached hydrogen (secondary N) is 2. The van der Waals surface area contributed by atoms with E-state index in [2.05, 4.69) is 36.3 Å². The number of anilines is 2. The number of carbonyl (C=O) groups is 2. The van der Waals surface area contributed by atoms with Crippen LogP contribution in [-0.2, 0) is 17.8 Å². The second-order valence-electron chi connectivity index (χ2n) is 6.90. The van der Waals surface area contributed by atoms with Gasteiger partial charge in [-0.05, 0) is 61.9 Å². The fourth-order valence-corrected chi connectivity index (χ4v) is 3.17. The zero-order valence-corrected chi connectivity index (χ0v) is 15.5. The molecule has 2 aromatic rings. The zero-order valence-electron chi connectivity index (χ0n) is 15.5. The fraction of sp³-hybridized carbons (Fsp3) is 0.333. The van der Waals surface area contributed by atoms with Gasteiger partial charge in [0.2, 0.25) is 5.91 Å². The molecule has 0 radical (unpaired) electrons. The Bertz CT molecular complexity index is 813. The molecule has 1 heterocycles. The van der Waals surface area contributed by atoms with E-state index in [0.717, 1.165) is 24.3 Å². The molecule has 0 aromatic heterocycles. The van der Waals surface area contributed by atoms with Crippen LogP contribution in [0.15, 0.2) is 42.5 Å². The molecule has 0 spiro atoms. The minimum atomic E-state index is -0.148. The standard InChI is InChI=1S/C21H25N3O2/c1-4-24(14(2)3)13-15-5-7-16(8-6-15)21(26)22-18-9-10-19-17(11-18)12-20(25)23-19/h5-11,14H,4,12-13H2,1-3H3,(H,22,26)(H,23,25). The van der Waals surface area contributed by atoms with Crippen molar-refractivity contribution in [3.63, 3.8) is 0 Å². The van der Waals surface area contributed by atoms with Gasteiger partial charge in [-0.3, -0.25) is 14.5 Å². The van der Waals surface area contributed by atoms with Crippen molar-refractivity contribution in [2.45, 2.75) is 39.8 Å². The second-order valence-corrected chi connectivity index (χ2v) is 6.90. The molecule has 2 N–H and O–H groups in total. The summed E-state index contributed by atoms with van der Waals surface area (Å²) in [6.45, 7) is 8.40. The molecule has 0 unspecified atom stereocenters. The van der Waals surface area contributed by atoms with Gasteiger partial charge in [0, 0.05) is 29.5 Å². The molecule has 2 aromatic carbocycles. The number of carbonyl (C=O) groups excluding carboxylic acids is 2. The van der Waals surface area contributed by atoms with Gasteiger partial charge >= 0.3 is 0 Å². The van der Waals surface area contributed by atoms with Crippen LogP contribution in [0, 0.1) is 0 Å². The lowest BCUT2D eigenvalue weighted by molar-refractivity contribution is -0.115. The van der Waals surface area contributed by atoms with Gasteiger partial charge in [-0.25, -0.2) is 0 Å². The zero-order chi connectivity index (χ0) is 18.7. The Kier molecular flexibility index (Phi) is 5.38. The Labute approximate surface area is 154 Å². The summed E-state index contributed by atoms with van der Waals surface area (Å²) in [5.41, 5.74) is 4.25. The third-order valence-corrected chi connectivity index (χ3v) is 4.73. The summed E-state index contributed by atoms with van der Waals surface area (Å²) in [7, 11) is 0. The monoisotopic (exact) mass is 351 g/mol. The first-order chi connectivity index (χ1) is 12.5. The molecular weight excluding hydrogens is 326 g/mol. The van der Waals surface area contributed by atoms with E-state index in [1.54, 1.807) is 6.07 Å². The van der Waals surface area contributed by atoms with Crippen molar-refractivity contribution in [2.75, 3.05) is 17.2 Å². The van der Waals surface area contributed by atoms with Gasteiger partial charge in [0.25, 0.3) is 5.91 Å². The predicted molar refractivity (Wildman–Crippen MR) is 104 cm³/mol. The number of amides is 2. The van der Waals surface area contributed by atoms with Crippen molar-refractivity contribution in [1.82, 2.24) is 4.90 Å². The van der Waals surface area contributed by atoms with E-state index in [4.69, 9.17) is 0 Å². The van der Waals surface area contributed by atoms with Gasteiger partial charge in [0.15, 0.2) is 0 Å². The highest BCUT2D eigenvalue weighted by molar-refractivity contribution is 6.05. The van der Waals surface area contributed by atoms with Crippen LogP contribution in [0.5, 0.6) is 0 Å². The molecule has 136 valence electrons. The summed E-state index contributed by atoms with van der Waals surface area (Å²) in [4.78, 5) is 26.3. The summed E-state index contributed by atoms with van der Waals surface area (Å²) >= 11 is 0. The third kappa shape index (κ3) is 4.11. The first kappa shape index (κ1) is 18.1. The van der Waals surface area contributed by atoms with Crippen LogP contribution in [-0.4, -0.2) is 29.3 Å². The summed E-state index contributed by atoms with van der Waals surface area (Å²) < 4.78 is 0. The minimum Gasteiger partial charge on any atom is -0.326 e. The van der Waals surface area contributed by atoms with E-state index >= 15 is 0 Å². The van der Waals surface area contributed by atoms with Crippen LogP contribution in [0.4, 0.5) is 11.4 Å². The molecule has 1 aliphatic heterocycles. The van der Waals surface area contributed by atoms with E-state index in [9.17, 15) is 9.59 Å². The smallest absolute Gasteiger partial charge is 0.255 e. The fourth-order valence-electron chi connectivity index (χ4n) is 3.17. The quantitative estimate of drug-likeness (QED) is 0.835. The molecule has 2 amide bonds. The normalized spacial score (nSPS) is 13.0. The molecular formula is C21H25N3O2. The van der Waals surface area contributed by atoms with Crippen molar-refractivity contribution in [3.8, 4) is 0 Å². The number of hydrogen-bond donors (Lipinski definition) is 2. The van der Waals surface area contributed by atoms with Crippen molar-refractivity contribution < 1.29 is 9.59 Å². The maximum atomic E-state index is 12.5. The summed E-state index contributed by atoms with van der Waals surface area (Å²) in [5, 5.41) is 5.69. The van der Waals surface area contributed by atoms with Crippen molar-refractivity contribution in [1.29, 1.82) is 0 Å². The molecule has 26 heavy (non-hydrogen) atoms. The lowest BCUT2D eigenvalue weighted by atomic mass is 10.1. The second kappa shape index (κ2) is 7.70. The molecule has 0 saturated carbocycles. The Morgan fingerprint density at radius 1 is 1.19 bits per heavy atom. The lowest BCUT2D eigenvalue weighted by Gasteiger charge is -2.24. The highest BCUT2D eigenvalue weighted by Crippen LogP contribution is 2.26. The number of rotatable bonds is 6. The van der Waals surface area contributed by atoms with Crippen LogP contribution in [0.2, 0.25) is 0 Å². The number of fused-ring (bicyclic) bond motifs is 1. The molecule has 0 fully saturated rings. The molecule has 0 atom stereocenters. The van der Waals surface area contributed by atoms with Gasteiger partial charge < -0.3 is 10.6 Å². The van der Waals surface area contributed by atoms with E-state index in [1.807, 2.05) is 36.4 Å². The Morgan fingerprint density at radius 2 is 1.92 bits per heavy atom. The number of benzene rings is 2. The van der Waals surface area contributed by atoms with Crippen LogP contribution in [0.1, 0.15) is 42.3 Å². The summed E-state index contributed by atoms with van der Waals surface area (Å²) in [6, 6.07) is 13.7. The highest BCUT2D eigenvalue weighted by Gasteiger charge is 2.18. The summed E-state index contributed by atoms with van der Waals surface area (Å²) in [6.07, 6.45) is 0.359. The third-order valence-electron chi connectivity index (χ3n) is 4.73. The maximum Gasteiger partial charge on any atom is 0.255 e. The van der Waals surface area contributed by atoms with Gasteiger partial charge in [0.1, 0.15) is 0 Å². The first-order valence-electron chi connectivity index (χ1n) is 9.03. The average Bonchev–Trinajstić information content (AvgIpc) is 2.99. The lowest BCUT2D eigenvalue weighted by Crippen LogP contribution is -2.29. The van der Waals surface area contributed by atoms with Gasteiger partial charge in [-0.15, -0.1) is 0 Å². The SMILES string of the molecule is CCN(Cc1ccc(C(=O)Nc2ccc3c(c2)CC(=O)N3)cc1)C(C)C. The molecule has 0 bridgehead atoms. The largest absolute Gasteiger partial charge is 0.326 e. The van der Waals surface area contributed by atoms with Gasteiger partial charge in [0.05, 0.1) is 6.42 Å². The van der Waals surface area contributed by atoms with Crippen LogP contribution >= 0.6 is 0 Å². The van der Waals surface area contributed by atoms with Gasteiger partial charge in [-0.1, -0.05) is 19.1 Å². The van der Waals surface area contributed by atoms with Crippen LogP contribution in [0.25, 0.3) is 0 Å². The Balaban J connectivity index is 1.65.